The largest absolute Gasteiger partial charge is 0.388 e. The summed E-state index contributed by atoms with van der Waals surface area (Å²) in [5.41, 5.74) is -3.45. The van der Waals surface area contributed by atoms with E-state index in [1.54, 1.807) is 13.8 Å². The molecule has 1 unspecified atom stereocenters. The highest BCUT2D eigenvalue weighted by Gasteiger charge is 2.72. The molecular weight excluding hydrogens is 399 g/mol. The summed E-state index contributed by atoms with van der Waals surface area (Å²) in [7, 11) is 0. The fourth-order valence-corrected chi connectivity index (χ4v) is 7.40. The zero-order valence-electron chi connectivity index (χ0n) is 16.8. The van der Waals surface area contributed by atoms with Gasteiger partial charge in [-0.15, -0.1) is 11.6 Å². The summed E-state index contributed by atoms with van der Waals surface area (Å²) in [6, 6.07) is 0. The third-order valence-electron chi connectivity index (χ3n) is 8.94. The van der Waals surface area contributed by atoms with E-state index in [1.807, 2.05) is 6.92 Å². The third kappa shape index (κ3) is 2.20. The number of aliphatic hydroxyl groups excluding tert-OH is 1. The summed E-state index contributed by atoms with van der Waals surface area (Å²) in [5.74, 6) is -4.06. The number of halogens is 2. The average molecular weight is 425 g/mol. The van der Waals surface area contributed by atoms with Gasteiger partial charge in [0.1, 0.15) is 18.0 Å². The van der Waals surface area contributed by atoms with Gasteiger partial charge in [0.2, 0.25) is 11.6 Å². The van der Waals surface area contributed by atoms with E-state index in [9.17, 15) is 24.6 Å². The van der Waals surface area contributed by atoms with Gasteiger partial charge in [0.25, 0.3) is 0 Å². The van der Waals surface area contributed by atoms with Crippen molar-refractivity contribution in [2.45, 2.75) is 56.9 Å². The van der Waals surface area contributed by atoms with Gasteiger partial charge in [-0.25, -0.2) is 4.39 Å². The second-order valence-corrected chi connectivity index (χ2v) is 10.3. The van der Waals surface area contributed by atoms with Crippen molar-refractivity contribution in [3.8, 4) is 0 Å². The first-order valence-electron chi connectivity index (χ1n) is 10.1. The molecule has 0 spiro atoms. The number of aliphatic hydroxyl groups is 2. The maximum absolute atomic E-state index is 15.3. The third-order valence-corrected chi connectivity index (χ3v) is 9.77. The molecule has 4 rings (SSSR count). The molecule has 2 fully saturated rings. The molecule has 7 heteroatoms. The topological polar surface area (TPSA) is 91.7 Å². The van der Waals surface area contributed by atoms with Crippen LogP contribution >= 0.6 is 11.6 Å². The van der Waals surface area contributed by atoms with Crippen LogP contribution in [0.25, 0.3) is 0 Å². The van der Waals surface area contributed by atoms with E-state index in [4.69, 9.17) is 11.6 Å². The quantitative estimate of drug-likeness (QED) is 0.525. The maximum Gasteiger partial charge on any atom is 0.222 e. The normalized spacial score (nSPS) is 49.0. The fourth-order valence-electron chi connectivity index (χ4n) is 6.82. The molecule has 5 nitrogen and oxygen atoms in total. The molecule has 0 heterocycles. The van der Waals surface area contributed by atoms with Crippen LogP contribution in [0.4, 0.5) is 4.39 Å². The number of Topliss-reactive ketones (excluding diaryl/α,β-unsaturated/α-hetero) is 2. The smallest absolute Gasteiger partial charge is 0.222 e. The van der Waals surface area contributed by atoms with E-state index in [1.165, 1.54) is 6.08 Å². The maximum atomic E-state index is 15.3. The van der Waals surface area contributed by atoms with Crippen molar-refractivity contribution in [2.24, 2.45) is 28.6 Å². The predicted molar refractivity (Wildman–Crippen MR) is 104 cm³/mol. The standard InChI is InChI=1S/C22H26ClFO5/c1-11-18(28)16(26)9-14-15(24)8-13-12-4-5-22(29,17(27)10-25)19(12,2)6-7-21(13,23)20(11,14)3/h8-9,11-13,25,29H,4-7,10H2,1-3H3/t11?,12-,13-,19-,20-,21+,22-/m0/s1. The Morgan fingerprint density at radius 3 is 2.55 bits per heavy atom. The summed E-state index contributed by atoms with van der Waals surface area (Å²) in [4.78, 5) is 36.0. The number of allylic oxidation sites excluding steroid dienone is 4. The van der Waals surface area contributed by atoms with Crippen molar-refractivity contribution in [3.63, 3.8) is 0 Å². The highest BCUT2D eigenvalue weighted by molar-refractivity contribution is 6.44. The fraction of sp³-hybridized carbons (Fsp3) is 0.682. The highest BCUT2D eigenvalue weighted by atomic mass is 35.5. The number of hydrogen-bond donors (Lipinski definition) is 2. The molecular formula is C22H26ClFO5. The number of rotatable bonds is 2. The number of carbonyl (C=O) groups excluding carboxylic acids is 3. The van der Waals surface area contributed by atoms with Crippen molar-refractivity contribution in [1.29, 1.82) is 0 Å². The minimum absolute atomic E-state index is 0.171. The number of fused-ring (bicyclic) bond motifs is 5. The Morgan fingerprint density at radius 1 is 1.28 bits per heavy atom. The van der Waals surface area contributed by atoms with Crippen molar-refractivity contribution in [3.05, 3.63) is 23.6 Å². The molecule has 0 bridgehead atoms. The summed E-state index contributed by atoms with van der Waals surface area (Å²) in [6.45, 7) is 4.44. The minimum Gasteiger partial charge on any atom is -0.388 e. The van der Waals surface area contributed by atoms with Crippen molar-refractivity contribution in [1.82, 2.24) is 0 Å². The van der Waals surface area contributed by atoms with E-state index in [0.29, 0.717) is 19.3 Å². The van der Waals surface area contributed by atoms with Gasteiger partial charge in [-0.3, -0.25) is 14.4 Å². The lowest BCUT2D eigenvalue weighted by Crippen LogP contribution is -2.65. The minimum atomic E-state index is -1.68. The van der Waals surface area contributed by atoms with Gasteiger partial charge in [-0.05, 0) is 49.3 Å². The Labute approximate surface area is 174 Å². The number of carbonyl (C=O) groups is 3. The Kier molecular flexibility index (Phi) is 4.38. The molecule has 29 heavy (non-hydrogen) atoms. The number of ketones is 3. The van der Waals surface area contributed by atoms with Crippen LogP contribution in [-0.4, -0.2) is 44.6 Å². The summed E-state index contributed by atoms with van der Waals surface area (Å²) >= 11 is 7.27. The molecule has 0 aromatic heterocycles. The van der Waals surface area contributed by atoms with Crippen LogP contribution in [-0.2, 0) is 14.4 Å². The molecule has 158 valence electrons. The van der Waals surface area contributed by atoms with Crippen molar-refractivity contribution >= 4 is 29.0 Å². The first-order valence-corrected chi connectivity index (χ1v) is 10.5. The van der Waals surface area contributed by atoms with E-state index in [2.05, 4.69) is 0 Å². The van der Waals surface area contributed by atoms with Gasteiger partial charge in [-0.2, -0.15) is 0 Å². The Morgan fingerprint density at radius 2 is 1.93 bits per heavy atom. The van der Waals surface area contributed by atoms with Crippen molar-refractivity contribution in [2.75, 3.05) is 6.61 Å². The van der Waals surface area contributed by atoms with Crippen LogP contribution in [0, 0.1) is 28.6 Å². The predicted octanol–water partition coefficient (Wildman–Crippen LogP) is 2.67. The monoisotopic (exact) mass is 424 g/mol. The summed E-state index contributed by atoms with van der Waals surface area (Å²) in [5, 5.41) is 20.6. The lowest BCUT2D eigenvalue weighted by Gasteiger charge is -2.62. The van der Waals surface area contributed by atoms with Crippen molar-refractivity contribution < 1.29 is 29.0 Å². The molecule has 2 N–H and O–H groups in total. The molecule has 0 amide bonds. The van der Waals surface area contributed by atoms with Crippen LogP contribution in [0.1, 0.15) is 46.5 Å². The van der Waals surface area contributed by atoms with E-state index >= 15 is 4.39 Å². The lowest BCUT2D eigenvalue weighted by atomic mass is 9.45. The first kappa shape index (κ1) is 20.9. The van der Waals surface area contributed by atoms with E-state index in [-0.39, 0.29) is 17.9 Å². The second-order valence-electron chi connectivity index (χ2n) is 9.62. The van der Waals surface area contributed by atoms with Crippen LogP contribution in [0.2, 0.25) is 0 Å². The second kappa shape index (κ2) is 6.08. The number of alkyl halides is 1. The van der Waals surface area contributed by atoms with Gasteiger partial charge < -0.3 is 10.2 Å². The van der Waals surface area contributed by atoms with Crippen LogP contribution < -0.4 is 0 Å². The molecule has 4 aliphatic carbocycles. The Balaban J connectivity index is 1.88. The Bertz CT molecular complexity index is 896. The summed E-state index contributed by atoms with van der Waals surface area (Å²) < 4.78 is 15.3. The van der Waals surface area contributed by atoms with Crippen LogP contribution in [0.15, 0.2) is 23.6 Å². The lowest BCUT2D eigenvalue weighted by molar-refractivity contribution is -0.161. The highest BCUT2D eigenvalue weighted by Crippen LogP contribution is 2.71. The SMILES string of the molecule is CC1C(=O)C(=O)C=C2C(F)=C[C@H]3[C@@H]4CC[C@](O)(C(=O)CO)[C@@]4(C)CC[C@]3(Cl)[C@]21C. The zero-order valence-corrected chi connectivity index (χ0v) is 17.6. The zero-order chi connectivity index (χ0) is 21.6. The molecule has 0 aliphatic heterocycles. The molecule has 0 aromatic carbocycles. The van der Waals surface area contributed by atoms with Gasteiger partial charge in [0.15, 0.2) is 5.78 Å². The molecule has 2 saturated carbocycles. The molecule has 7 atom stereocenters. The van der Waals surface area contributed by atoms with E-state index in [0.717, 1.165) is 6.08 Å². The van der Waals surface area contributed by atoms with E-state index < -0.39 is 62.9 Å². The molecule has 0 radical (unpaired) electrons. The number of hydrogen-bond acceptors (Lipinski definition) is 5. The molecule has 0 saturated heterocycles. The van der Waals surface area contributed by atoms with Gasteiger partial charge >= 0.3 is 0 Å². The molecule has 4 aliphatic rings. The summed E-state index contributed by atoms with van der Waals surface area (Å²) in [6.07, 6.45) is 3.89. The van der Waals surface area contributed by atoms with Gasteiger partial charge in [0.05, 0.1) is 4.87 Å². The van der Waals surface area contributed by atoms with Crippen LogP contribution in [0.5, 0.6) is 0 Å². The van der Waals surface area contributed by atoms with Gasteiger partial charge in [0, 0.05) is 22.7 Å². The molecule has 0 aromatic rings. The first-order chi connectivity index (χ1) is 13.4. The van der Waals surface area contributed by atoms with Crippen LogP contribution in [0.3, 0.4) is 0 Å². The Hall–Kier alpha value is -1.37. The van der Waals surface area contributed by atoms with Gasteiger partial charge in [-0.1, -0.05) is 20.8 Å². The average Bonchev–Trinajstić information content (AvgIpc) is 2.96.